The van der Waals surface area contributed by atoms with E-state index in [1.54, 1.807) is 18.2 Å². The Morgan fingerprint density at radius 2 is 1.64 bits per heavy atom. The van der Waals surface area contributed by atoms with Gasteiger partial charge in [0.05, 0.1) is 30.2 Å². The van der Waals surface area contributed by atoms with Crippen molar-refractivity contribution in [1.29, 1.82) is 0 Å². The van der Waals surface area contributed by atoms with Crippen molar-refractivity contribution in [2.75, 3.05) is 56.6 Å². The summed E-state index contributed by atoms with van der Waals surface area (Å²) >= 11 is 0. The average molecular weight is 624 g/mol. The number of fused-ring (bicyclic) bond motifs is 1. The fourth-order valence-electron chi connectivity index (χ4n) is 4.33. The fraction of sp³-hybridized carbons (Fsp3) is 0.360. The SMILES string of the molecule is CCCN1CCN(c2cc(C(=O)O)c3cc(NS(=O)(=O)c4ccc(OC)c(OC)c4)ccc3n2)CC1.Cl.Cl.Cl. The van der Waals surface area contributed by atoms with Crippen molar-refractivity contribution in [3.05, 3.63) is 48.0 Å². The van der Waals surface area contributed by atoms with E-state index in [2.05, 4.69) is 26.4 Å². The highest BCUT2D eigenvalue weighted by atomic mass is 35.5. The van der Waals surface area contributed by atoms with Crippen molar-refractivity contribution in [1.82, 2.24) is 9.88 Å². The van der Waals surface area contributed by atoms with Crippen molar-refractivity contribution < 1.29 is 27.8 Å². The first-order valence-electron chi connectivity index (χ1n) is 11.7. The molecule has 2 aromatic carbocycles. The van der Waals surface area contributed by atoms with Gasteiger partial charge in [-0.05, 0) is 49.4 Å². The van der Waals surface area contributed by atoms with E-state index in [0.717, 1.165) is 39.1 Å². The number of ether oxygens (including phenoxy) is 2. The maximum Gasteiger partial charge on any atom is 0.336 e. The molecular weight excluding hydrogens is 591 g/mol. The van der Waals surface area contributed by atoms with Gasteiger partial charge in [0.1, 0.15) is 5.82 Å². The Morgan fingerprint density at radius 3 is 2.23 bits per heavy atom. The van der Waals surface area contributed by atoms with E-state index in [4.69, 9.17) is 9.47 Å². The number of piperazine rings is 1. The molecule has 0 unspecified atom stereocenters. The van der Waals surface area contributed by atoms with Gasteiger partial charge in [-0.1, -0.05) is 6.92 Å². The number of aromatic nitrogens is 1. The highest BCUT2D eigenvalue weighted by Gasteiger charge is 2.22. The summed E-state index contributed by atoms with van der Waals surface area (Å²) in [6.45, 7) is 6.52. The number of aromatic carboxylic acids is 1. The third kappa shape index (κ3) is 7.70. The Kier molecular flexibility index (Phi) is 12.9. The first-order valence-corrected chi connectivity index (χ1v) is 13.1. The summed E-state index contributed by atoms with van der Waals surface area (Å²) in [7, 11) is -1.09. The smallest absolute Gasteiger partial charge is 0.336 e. The maximum absolute atomic E-state index is 13.0. The zero-order valence-electron chi connectivity index (χ0n) is 21.7. The van der Waals surface area contributed by atoms with Gasteiger partial charge in [0.15, 0.2) is 11.5 Å². The number of carboxylic acids is 1. The lowest BCUT2D eigenvalue weighted by Crippen LogP contribution is -2.46. The molecule has 1 aliphatic heterocycles. The molecule has 4 rings (SSSR count). The second-order valence-electron chi connectivity index (χ2n) is 8.52. The summed E-state index contributed by atoms with van der Waals surface area (Å²) in [4.78, 5) is 21.3. The number of rotatable bonds is 9. The molecule has 0 spiro atoms. The van der Waals surface area contributed by atoms with E-state index in [0.29, 0.717) is 22.5 Å². The largest absolute Gasteiger partial charge is 0.493 e. The zero-order valence-corrected chi connectivity index (χ0v) is 25.0. The Bertz CT molecular complexity index is 1390. The van der Waals surface area contributed by atoms with E-state index in [9.17, 15) is 18.3 Å². The highest BCUT2D eigenvalue weighted by Crippen LogP contribution is 2.31. The number of anilines is 2. The molecule has 0 amide bonds. The molecule has 0 aliphatic carbocycles. The van der Waals surface area contributed by atoms with Gasteiger partial charge in [-0.3, -0.25) is 9.62 Å². The third-order valence-electron chi connectivity index (χ3n) is 6.18. The van der Waals surface area contributed by atoms with Gasteiger partial charge in [0.25, 0.3) is 10.0 Å². The number of pyridine rings is 1. The summed E-state index contributed by atoms with van der Waals surface area (Å²) in [6, 6.07) is 10.5. The number of hydrogen-bond acceptors (Lipinski definition) is 8. The van der Waals surface area contributed by atoms with Crippen LogP contribution in [0.15, 0.2) is 47.4 Å². The number of nitrogens with zero attached hydrogens (tertiary/aromatic N) is 3. The maximum atomic E-state index is 13.0. The van der Waals surface area contributed by atoms with E-state index >= 15 is 0 Å². The Balaban J connectivity index is 0.00000253. The van der Waals surface area contributed by atoms with Crippen LogP contribution in [-0.4, -0.2) is 76.3 Å². The van der Waals surface area contributed by atoms with Gasteiger partial charge in [-0.2, -0.15) is 0 Å². The van der Waals surface area contributed by atoms with Crippen LogP contribution in [0.3, 0.4) is 0 Å². The molecule has 10 nitrogen and oxygen atoms in total. The number of nitrogens with one attached hydrogen (secondary N) is 1. The molecule has 1 fully saturated rings. The molecule has 2 N–H and O–H groups in total. The van der Waals surface area contributed by atoms with Gasteiger partial charge in [-0.25, -0.2) is 18.2 Å². The molecular formula is C25H33Cl3N4O6S. The van der Waals surface area contributed by atoms with Crippen molar-refractivity contribution in [3.8, 4) is 11.5 Å². The Hall–Kier alpha value is -2.70. The first-order chi connectivity index (χ1) is 17.2. The van der Waals surface area contributed by atoms with Crippen LogP contribution in [-0.2, 0) is 10.0 Å². The monoisotopic (exact) mass is 622 g/mol. The van der Waals surface area contributed by atoms with Crippen LogP contribution in [0.4, 0.5) is 11.5 Å². The van der Waals surface area contributed by atoms with Crippen molar-refractivity contribution in [2.24, 2.45) is 0 Å². The van der Waals surface area contributed by atoms with Crippen molar-refractivity contribution >= 4 is 75.6 Å². The van der Waals surface area contributed by atoms with Crippen LogP contribution >= 0.6 is 37.2 Å². The van der Waals surface area contributed by atoms with Crippen molar-refractivity contribution in [3.63, 3.8) is 0 Å². The van der Waals surface area contributed by atoms with Crippen LogP contribution in [0, 0.1) is 0 Å². The fourth-order valence-corrected chi connectivity index (χ4v) is 5.39. The second kappa shape index (κ2) is 14.6. The molecule has 1 aromatic heterocycles. The zero-order chi connectivity index (χ0) is 25.9. The Labute approximate surface area is 247 Å². The Morgan fingerprint density at radius 1 is 0.974 bits per heavy atom. The van der Waals surface area contributed by atoms with E-state index in [-0.39, 0.29) is 59.1 Å². The number of methoxy groups -OCH3 is 2. The second-order valence-corrected chi connectivity index (χ2v) is 10.2. The van der Waals surface area contributed by atoms with Crippen LogP contribution < -0.4 is 19.1 Å². The number of benzene rings is 2. The molecule has 0 radical (unpaired) electrons. The lowest BCUT2D eigenvalue weighted by Gasteiger charge is -2.35. The molecule has 3 aromatic rings. The standard InChI is InChI=1S/C25H30N4O6S.3ClH/c1-4-9-28-10-12-29(13-11-28)24-16-20(25(30)31)19-14-17(5-7-21(19)26-24)27-36(32,33)18-6-8-22(34-2)23(15-18)35-3;;;/h5-8,14-16,27H,4,9-13H2,1-3H3,(H,30,31);3*1H. The molecule has 14 heteroatoms. The van der Waals surface area contributed by atoms with Gasteiger partial charge in [0, 0.05) is 43.3 Å². The van der Waals surface area contributed by atoms with Crippen molar-refractivity contribution in [2.45, 2.75) is 18.2 Å². The quantitative estimate of drug-likeness (QED) is 0.354. The summed E-state index contributed by atoms with van der Waals surface area (Å²) in [5, 5.41) is 10.3. The minimum atomic E-state index is -3.97. The van der Waals surface area contributed by atoms with Gasteiger partial charge in [-0.15, -0.1) is 37.2 Å². The average Bonchev–Trinajstić information content (AvgIpc) is 2.88. The molecule has 216 valence electrons. The lowest BCUT2D eigenvalue weighted by atomic mass is 10.1. The normalized spacial score (nSPS) is 13.5. The molecule has 1 aliphatic rings. The molecule has 39 heavy (non-hydrogen) atoms. The third-order valence-corrected chi connectivity index (χ3v) is 7.56. The molecule has 0 bridgehead atoms. The predicted molar refractivity (Wildman–Crippen MR) is 160 cm³/mol. The van der Waals surface area contributed by atoms with Crippen LogP contribution in [0.2, 0.25) is 0 Å². The molecule has 0 atom stereocenters. The first kappa shape index (κ1) is 34.3. The summed E-state index contributed by atoms with van der Waals surface area (Å²) in [5.74, 6) is 0.184. The van der Waals surface area contributed by atoms with Gasteiger partial charge >= 0.3 is 5.97 Å². The summed E-state index contributed by atoms with van der Waals surface area (Å²) < 4.78 is 38.9. The van der Waals surface area contributed by atoms with E-state index < -0.39 is 16.0 Å². The number of hydrogen-bond donors (Lipinski definition) is 2. The number of carboxylic acid groups (broad SMARTS) is 1. The van der Waals surface area contributed by atoms with Gasteiger partial charge < -0.3 is 19.5 Å². The molecule has 0 saturated carbocycles. The van der Waals surface area contributed by atoms with Gasteiger partial charge in [0.2, 0.25) is 0 Å². The van der Waals surface area contributed by atoms with Crippen LogP contribution in [0.25, 0.3) is 10.9 Å². The summed E-state index contributed by atoms with van der Waals surface area (Å²) in [5.41, 5.74) is 0.774. The van der Waals surface area contributed by atoms with E-state index in [1.807, 2.05) is 0 Å². The van der Waals surface area contributed by atoms with Crippen LogP contribution in [0.5, 0.6) is 11.5 Å². The molecule has 2 heterocycles. The number of halogens is 3. The number of carbonyl (C=O) groups is 1. The van der Waals surface area contributed by atoms with Crippen LogP contribution in [0.1, 0.15) is 23.7 Å². The highest BCUT2D eigenvalue weighted by molar-refractivity contribution is 7.92. The van der Waals surface area contributed by atoms with E-state index in [1.165, 1.54) is 38.5 Å². The molecule has 1 saturated heterocycles. The summed E-state index contributed by atoms with van der Waals surface area (Å²) in [6.07, 6.45) is 1.09. The minimum absolute atomic E-state index is 0. The topological polar surface area (TPSA) is 121 Å². The minimum Gasteiger partial charge on any atom is -0.493 e. The number of sulfonamides is 1. The lowest BCUT2D eigenvalue weighted by molar-refractivity contribution is 0.0699. The predicted octanol–water partition coefficient (Wildman–Crippen LogP) is 4.55.